The summed E-state index contributed by atoms with van der Waals surface area (Å²) in [7, 11) is 0. The van der Waals surface area contributed by atoms with Gasteiger partial charge in [-0.2, -0.15) is 0 Å². The molecule has 0 fully saturated rings. The van der Waals surface area contributed by atoms with Crippen LogP contribution in [0.25, 0.3) is 0 Å². The minimum absolute atomic E-state index is 0.0158. The monoisotopic (exact) mass is 551 g/mol. The van der Waals surface area contributed by atoms with Crippen LogP contribution in [-0.2, 0) is 19.1 Å². The lowest BCUT2D eigenvalue weighted by molar-refractivity contribution is -0.151. The highest BCUT2D eigenvalue weighted by atomic mass is 16.5. The number of carboxylic acids is 1. The third-order valence-electron chi connectivity index (χ3n) is 7.04. The Morgan fingerprint density at radius 2 is 1.13 bits per heavy atom. The van der Waals surface area contributed by atoms with E-state index < -0.39 is 18.6 Å². The number of amides is 1. The van der Waals surface area contributed by atoms with E-state index in [0.717, 1.165) is 37.5 Å². The lowest BCUT2D eigenvalue weighted by atomic mass is 10.0. The molecule has 228 valence electrons. The van der Waals surface area contributed by atoms with Crippen molar-refractivity contribution >= 4 is 17.8 Å². The molecule has 6 nitrogen and oxygen atoms in total. The number of nitrogens with one attached hydrogen (secondary N) is 1. The van der Waals surface area contributed by atoms with Crippen LogP contribution < -0.4 is 5.32 Å². The van der Waals surface area contributed by atoms with Crippen molar-refractivity contribution in [2.24, 2.45) is 11.8 Å². The van der Waals surface area contributed by atoms with Crippen LogP contribution in [0.3, 0.4) is 0 Å². The second kappa shape index (κ2) is 26.4. The first-order valence-corrected chi connectivity index (χ1v) is 16.0. The van der Waals surface area contributed by atoms with Gasteiger partial charge in [0, 0.05) is 6.42 Å². The first-order valence-electron chi connectivity index (χ1n) is 16.0. The van der Waals surface area contributed by atoms with E-state index in [1.165, 1.54) is 77.0 Å². The van der Waals surface area contributed by atoms with E-state index in [1.54, 1.807) is 0 Å². The van der Waals surface area contributed by atoms with Gasteiger partial charge in [-0.05, 0) is 43.9 Å². The first-order chi connectivity index (χ1) is 18.7. The van der Waals surface area contributed by atoms with Gasteiger partial charge >= 0.3 is 11.9 Å². The SMILES string of the molecule is CC(C)CCCCCCC/C=C/CCC(=O)O[C@@H](CCCCCCCCCCC(C)C)CC(=O)NCC(=O)O. The number of ether oxygens (including phenoxy) is 1. The Kier molecular flexibility index (Phi) is 25.1. The molecule has 0 unspecified atom stereocenters. The Balaban J connectivity index is 4.16. The average Bonchev–Trinajstić information content (AvgIpc) is 2.86. The number of hydrogen-bond acceptors (Lipinski definition) is 4. The fraction of sp³-hybridized carbons (Fsp3) is 0.848. The summed E-state index contributed by atoms with van der Waals surface area (Å²) in [6.45, 7) is 8.68. The molecule has 0 spiro atoms. The van der Waals surface area contributed by atoms with E-state index in [-0.39, 0.29) is 18.3 Å². The van der Waals surface area contributed by atoms with Crippen molar-refractivity contribution in [3.63, 3.8) is 0 Å². The zero-order valence-electron chi connectivity index (χ0n) is 25.8. The molecule has 0 heterocycles. The van der Waals surface area contributed by atoms with Crippen LogP contribution in [0.15, 0.2) is 12.2 Å². The molecule has 6 heteroatoms. The van der Waals surface area contributed by atoms with E-state index in [0.29, 0.717) is 19.3 Å². The molecular weight excluding hydrogens is 490 g/mol. The molecule has 39 heavy (non-hydrogen) atoms. The number of unbranched alkanes of at least 4 members (excludes halogenated alkanes) is 12. The molecule has 0 saturated carbocycles. The third-order valence-corrected chi connectivity index (χ3v) is 7.04. The van der Waals surface area contributed by atoms with Gasteiger partial charge in [-0.25, -0.2) is 0 Å². The number of hydrogen-bond donors (Lipinski definition) is 2. The molecule has 2 N–H and O–H groups in total. The van der Waals surface area contributed by atoms with Crippen molar-refractivity contribution in [1.82, 2.24) is 5.32 Å². The number of rotatable bonds is 27. The van der Waals surface area contributed by atoms with E-state index >= 15 is 0 Å². The van der Waals surface area contributed by atoms with Gasteiger partial charge in [-0.15, -0.1) is 0 Å². The highest BCUT2D eigenvalue weighted by Crippen LogP contribution is 2.16. The van der Waals surface area contributed by atoms with E-state index in [2.05, 4.69) is 45.2 Å². The summed E-state index contributed by atoms with van der Waals surface area (Å²) in [5.74, 6) is -0.173. The minimum Gasteiger partial charge on any atom is -0.480 e. The predicted octanol–water partition coefficient (Wildman–Crippen LogP) is 8.77. The van der Waals surface area contributed by atoms with E-state index in [4.69, 9.17) is 9.84 Å². The normalized spacial score (nSPS) is 12.4. The van der Waals surface area contributed by atoms with Gasteiger partial charge in [0.15, 0.2) is 0 Å². The van der Waals surface area contributed by atoms with Crippen molar-refractivity contribution in [2.45, 2.75) is 162 Å². The summed E-state index contributed by atoms with van der Waals surface area (Å²) in [6.07, 6.45) is 24.9. The Hall–Kier alpha value is -1.85. The van der Waals surface area contributed by atoms with Gasteiger partial charge < -0.3 is 15.2 Å². The Morgan fingerprint density at radius 3 is 1.64 bits per heavy atom. The molecule has 0 aromatic rings. The number of carbonyl (C=O) groups excluding carboxylic acids is 2. The maximum atomic E-state index is 12.4. The van der Waals surface area contributed by atoms with Crippen LogP contribution in [0.4, 0.5) is 0 Å². The zero-order chi connectivity index (χ0) is 29.1. The average molecular weight is 552 g/mol. The maximum Gasteiger partial charge on any atom is 0.322 e. The Bertz CT molecular complexity index is 644. The molecule has 0 aromatic heterocycles. The first kappa shape index (κ1) is 37.1. The highest BCUT2D eigenvalue weighted by molar-refractivity contribution is 5.81. The summed E-state index contributed by atoms with van der Waals surface area (Å²) < 4.78 is 5.64. The number of esters is 1. The highest BCUT2D eigenvalue weighted by Gasteiger charge is 2.18. The van der Waals surface area contributed by atoms with Crippen LogP contribution in [0.2, 0.25) is 0 Å². The van der Waals surface area contributed by atoms with Crippen LogP contribution >= 0.6 is 0 Å². The summed E-state index contributed by atoms with van der Waals surface area (Å²) in [4.78, 5) is 35.3. The van der Waals surface area contributed by atoms with Crippen LogP contribution in [0.1, 0.15) is 156 Å². The summed E-state index contributed by atoms with van der Waals surface area (Å²) in [5, 5.41) is 11.2. The van der Waals surface area contributed by atoms with Crippen molar-refractivity contribution in [2.75, 3.05) is 6.54 Å². The molecule has 0 bridgehead atoms. The van der Waals surface area contributed by atoms with Gasteiger partial charge in [-0.1, -0.05) is 123 Å². The summed E-state index contributed by atoms with van der Waals surface area (Å²) >= 11 is 0. The predicted molar refractivity (Wildman–Crippen MR) is 162 cm³/mol. The topological polar surface area (TPSA) is 92.7 Å². The molecule has 0 aliphatic carbocycles. The van der Waals surface area contributed by atoms with Crippen LogP contribution in [-0.4, -0.2) is 35.6 Å². The maximum absolute atomic E-state index is 12.4. The van der Waals surface area contributed by atoms with Gasteiger partial charge in [0.1, 0.15) is 12.6 Å². The lowest BCUT2D eigenvalue weighted by Crippen LogP contribution is -2.33. The molecule has 1 atom stereocenters. The second-order valence-corrected chi connectivity index (χ2v) is 12.0. The fourth-order valence-corrected chi connectivity index (χ4v) is 4.67. The van der Waals surface area contributed by atoms with Crippen LogP contribution in [0, 0.1) is 11.8 Å². The standard InChI is InChI=1S/C33H61NO5/c1-28(2)22-18-14-10-6-5-7-13-17-21-25-33(38)39-30(26-31(35)34-27-32(36)37)24-20-16-12-9-8-11-15-19-23-29(3)4/h13,17,28-30H,5-12,14-16,18-27H2,1-4H3,(H,34,35)(H,36,37)/b17-13+/t30-/m0/s1. The van der Waals surface area contributed by atoms with Gasteiger partial charge in [0.2, 0.25) is 5.91 Å². The molecule has 0 aliphatic heterocycles. The van der Waals surface area contributed by atoms with Gasteiger partial charge in [0.25, 0.3) is 0 Å². The molecule has 0 rings (SSSR count). The summed E-state index contributed by atoms with van der Waals surface area (Å²) in [5.41, 5.74) is 0. The largest absolute Gasteiger partial charge is 0.480 e. The quantitative estimate of drug-likeness (QED) is 0.0604. The van der Waals surface area contributed by atoms with Gasteiger partial charge in [-0.3, -0.25) is 14.4 Å². The molecule has 0 aromatic carbocycles. The smallest absolute Gasteiger partial charge is 0.322 e. The third kappa shape index (κ3) is 29.0. The van der Waals surface area contributed by atoms with Crippen molar-refractivity contribution in [1.29, 1.82) is 0 Å². The molecule has 1 amide bonds. The number of carboxylic acid groups (broad SMARTS) is 1. The fourth-order valence-electron chi connectivity index (χ4n) is 4.67. The van der Waals surface area contributed by atoms with Crippen molar-refractivity contribution in [3.8, 4) is 0 Å². The van der Waals surface area contributed by atoms with Crippen molar-refractivity contribution in [3.05, 3.63) is 12.2 Å². The second-order valence-electron chi connectivity index (χ2n) is 12.0. The molecule has 0 aliphatic rings. The van der Waals surface area contributed by atoms with E-state index in [9.17, 15) is 14.4 Å². The lowest BCUT2D eigenvalue weighted by Gasteiger charge is -2.17. The van der Waals surface area contributed by atoms with Crippen LogP contribution in [0.5, 0.6) is 0 Å². The minimum atomic E-state index is -1.08. The van der Waals surface area contributed by atoms with Crippen molar-refractivity contribution < 1.29 is 24.2 Å². The molecular formula is C33H61NO5. The number of allylic oxidation sites excluding steroid dienone is 2. The Morgan fingerprint density at radius 1 is 0.667 bits per heavy atom. The Labute approximate surface area is 240 Å². The van der Waals surface area contributed by atoms with Gasteiger partial charge in [0.05, 0.1) is 6.42 Å². The molecule has 0 saturated heterocycles. The number of carbonyl (C=O) groups is 3. The summed E-state index contributed by atoms with van der Waals surface area (Å²) in [6, 6.07) is 0. The zero-order valence-corrected chi connectivity index (χ0v) is 25.8. The molecule has 0 radical (unpaired) electrons. The number of aliphatic carboxylic acids is 1. The van der Waals surface area contributed by atoms with E-state index in [1.807, 2.05) is 0 Å².